The maximum atomic E-state index is 13.5. The highest BCUT2D eigenvalue weighted by Crippen LogP contribution is 2.43. The Hall–Kier alpha value is -3.03. The number of rotatable bonds is 2. The summed E-state index contributed by atoms with van der Waals surface area (Å²) in [4.78, 5) is 38.3. The van der Waals surface area contributed by atoms with Gasteiger partial charge in [-0.1, -0.05) is 17.7 Å². The van der Waals surface area contributed by atoms with Crippen LogP contribution in [0.15, 0.2) is 45.9 Å². The number of carbonyl (C=O) groups excluding carboxylic acids is 1. The van der Waals surface area contributed by atoms with Crippen LogP contribution in [0.5, 0.6) is 0 Å². The molecule has 4 heterocycles. The molecule has 1 aliphatic rings. The Bertz CT molecular complexity index is 1380. The summed E-state index contributed by atoms with van der Waals surface area (Å²) in [6, 6.07) is 6.23. The molecule has 8 heteroatoms. The summed E-state index contributed by atoms with van der Waals surface area (Å²) < 4.78 is 5.98. The second-order valence-electron chi connectivity index (χ2n) is 7.27. The number of pyridine rings is 1. The number of anilines is 1. The molecule has 1 atom stereocenters. The van der Waals surface area contributed by atoms with Gasteiger partial charge in [-0.05, 0) is 50.1 Å². The first-order valence-corrected chi connectivity index (χ1v) is 10.5. The largest absolute Gasteiger partial charge is 0.450 e. The standard InChI is InChI=1S/C22H16ClN3O3S/c1-10-7-16-14(8-15(10)23)19(27)17-18(13-5-4-6-24-9-13)26(21(28)20(17)29-16)22-25-11(2)12(3)30-22/h4-9,18H,1-3H3. The second kappa shape index (κ2) is 6.75. The summed E-state index contributed by atoms with van der Waals surface area (Å²) in [6.07, 6.45) is 3.30. The lowest BCUT2D eigenvalue weighted by Gasteiger charge is -2.22. The van der Waals surface area contributed by atoms with E-state index in [4.69, 9.17) is 16.0 Å². The predicted octanol–water partition coefficient (Wildman–Crippen LogP) is 4.97. The van der Waals surface area contributed by atoms with Crippen molar-refractivity contribution in [2.45, 2.75) is 26.8 Å². The lowest BCUT2D eigenvalue weighted by Crippen LogP contribution is -2.29. The van der Waals surface area contributed by atoms with Gasteiger partial charge in [-0.2, -0.15) is 0 Å². The number of halogens is 1. The normalized spacial score (nSPS) is 15.8. The molecule has 5 rings (SSSR count). The Morgan fingerprint density at radius 1 is 1.20 bits per heavy atom. The number of aryl methyl sites for hydroxylation is 3. The topological polar surface area (TPSA) is 76.3 Å². The van der Waals surface area contributed by atoms with Crippen LogP contribution in [-0.2, 0) is 0 Å². The van der Waals surface area contributed by atoms with Crippen molar-refractivity contribution in [1.82, 2.24) is 9.97 Å². The Morgan fingerprint density at radius 3 is 2.67 bits per heavy atom. The maximum Gasteiger partial charge on any atom is 0.297 e. The molecule has 1 amide bonds. The molecule has 0 saturated heterocycles. The van der Waals surface area contributed by atoms with Gasteiger partial charge in [0.05, 0.1) is 22.7 Å². The average Bonchev–Trinajstić information content (AvgIpc) is 3.21. The Kier molecular flexibility index (Phi) is 4.27. The quantitative estimate of drug-likeness (QED) is 0.442. The van der Waals surface area contributed by atoms with Crippen LogP contribution in [0.3, 0.4) is 0 Å². The highest BCUT2D eigenvalue weighted by molar-refractivity contribution is 7.15. The molecule has 0 spiro atoms. The number of nitrogens with zero attached hydrogens (tertiary/aromatic N) is 3. The van der Waals surface area contributed by atoms with E-state index in [0.29, 0.717) is 26.7 Å². The van der Waals surface area contributed by atoms with Crippen molar-refractivity contribution < 1.29 is 9.21 Å². The Balaban J connectivity index is 1.84. The van der Waals surface area contributed by atoms with E-state index >= 15 is 0 Å². The molecule has 4 aromatic rings. The van der Waals surface area contributed by atoms with E-state index in [-0.39, 0.29) is 22.7 Å². The number of hydrogen-bond donors (Lipinski definition) is 0. The van der Waals surface area contributed by atoms with Crippen LogP contribution in [-0.4, -0.2) is 15.9 Å². The number of fused-ring (bicyclic) bond motifs is 2. The first-order valence-electron chi connectivity index (χ1n) is 9.31. The summed E-state index contributed by atoms with van der Waals surface area (Å²) in [5, 5.41) is 1.34. The van der Waals surface area contributed by atoms with Crippen LogP contribution in [0.2, 0.25) is 5.02 Å². The van der Waals surface area contributed by atoms with Crippen molar-refractivity contribution in [3.05, 3.63) is 84.9 Å². The van der Waals surface area contributed by atoms with Crippen LogP contribution in [0, 0.1) is 20.8 Å². The molecule has 6 nitrogen and oxygen atoms in total. The van der Waals surface area contributed by atoms with Crippen molar-refractivity contribution in [3.8, 4) is 0 Å². The van der Waals surface area contributed by atoms with E-state index in [1.165, 1.54) is 16.2 Å². The smallest absolute Gasteiger partial charge is 0.297 e. The molecule has 0 bridgehead atoms. The van der Waals surface area contributed by atoms with Crippen LogP contribution < -0.4 is 10.3 Å². The Morgan fingerprint density at radius 2 is 2.00 bits per heavy atom. The molecule has 0 fully saturated rings. The summed E-state index contributed by atoms with van der Waals surface area (Å²) in [7, 11) is 0. The molecule has 0 aliphatic carbocycles. The van der Waals surface area contributed by atoms with Gasteiger partial charge in [-0.15, -0.1) is 11.3 Å². The summed E-state index contributed by atoms with van der Waals surface area (Å²) in [5.41, 5.74) is 2.67. The van der Waals surface area contributed by atoms with Crippen LogP contribution >= 0.6 is 22.9 Å². The molecule has 0 N–H and O–H groups in total. The molecule has 30 heavy (non-hydrogen) atoms. The third kappa shape index (κ3) is 2.69. The second-order valence-corrected chi connectivity index (χ2v) is 8.86. The van der Waals surface area contributed by atoms with Crippen molar-refractivity contribution in [2.24, 2.45) is 0 Å². The summed E-state index contributed by atoms with van der Waals surface area (Å²) in [5.74, 6) is -0.354. The highest BCUT2D eigenvalue weighted by atomic mass is 35.5. The van der Waals surface area contributed by atoms with Gasteiger partial charge in [-0.25, -0.2) is 4.98 Å². The van der Waals surface area contributed by atoms with E-state index in [0.717, 1.165) is 16.1 Å². The van der Waals surface area contributed by atoms with Crippen LogP contribution in [0.4, 0.5) is 5.13 Å². The highest BCUT2D eigenvalue weighted by Gasteiger charge is 2.45. The number of thiazole rings is 1. The van der Waals surface area contributed by atoms with Crippen molar-refractivity contribution >= 4 is 44.9 Å². The number of benzene rings is 1. The van der Waals surface area contributed by atoms with Gasteiger partial charge in [0.15, 0.2) is 10.6 Å². The molecule has 1 unspecified atom stereocenters. The fourth-order valence-electron chi connectivity index (χ4n) is 3.70. The van der Waals surface area contributed by atoms with Crippen molar-refractivity contribution in [1.29, 1.82) is 0 Å². The van der Waals surface area contributed by atoms with E-state index in [9.17, 15) is 9.59 Å². The first-order chi connectivity index (χ1) is 14.4. The molecule has 0 saturated carbocycles. The fraction of sp³-hybridized carbons (Fsp3) is 0.182. The average molecular weight is 438 g/mol. The third-order valence-corrected chi connectivity index (χ3v) is 6.85. The van der Waals surface area contributed by atoms with Gasteiger partial charge < -0.3 is 4.42 Å². The molecule has 1 aromatic carbocycles. The lowest BCUT2D eigenvalue weighted by atomic mass is 10.00. The van der Waals surface area contributed by atoms with E-state index in [1.54, 1.807) is 30.6 Å². The van der Waals surface area contributed by atoms with Gasteiger partial charge >= 0.3 is 0 Å². The zero-order valence-electron chi connectivity index (χ0n) is 16.4. The van der Waals surface area contributed by atoms with Gasteiger partial charge in [0.2, 0.25) is 5.76 Å². The first kappa shape index (κ1) is 19.0. The summed E-state index contributed by atoms with van der Waals surface area (Å²) >= 11 is 7.67. The number of carbonyl (C=O) groups is 1. The lowest BCUT2D eigenvalue weighted by molar-refractivity contribution is 0.0971. The van der Waals surface area contributed by atoms with Crippen LogP contribution in [0.25, 0.3) is 11.0 Å². The predicted molar refractivity (Wildman–Crippen MR) is 117 cm³/mol. The fourth-order valence-corrected chi connectivity index (χ4v) is 4.80. The summed E-state index contributed by atoms with van der Waals surface area (Å²) in [6.45, 7) is 5.67. The number of aromatic nitrogens is 2. The van der Waals surface area contributed by atoms with Gasteiger partial charge in [0.1, 0.15) is 5.58 Å². The molecule has 150 valence electrons. The maximum absolute atomic E-state index is 13.5. The zero-order chi connectivity index (χ0) is 21.2. The van der Waals surface area contributed by atoms with E-state index in [1.807, 2.05) is 26.8 Å². The van der Waals surface area contributed by atoms with Gasteiger partial charge in [0, 0.05) is 22.3 Å². The van der Waals surface area contributed by atoms with E-state index < -0.39 is 6.04 Å². The minimum Gasteiger partial charge on any atom is -0.450 e. The van der Waals surface area contributed by atoms with Crippen molar-refractivity contribution in [2.75, 3.05) is 4.90 Å². The Labute approximate surface area is 180 Å². The number of hydrogen-bond acceptors (Lipinski definition) is 6. The molecule has 0 radical (unpaired) electrons. The number of amides is 1. The molecular formula is C22H16ClN3O3S. The van der Waals surface area contributed by atoms with Crippen molar-refractivity contribution in [3.63, 3.8) is 0 Å². The SMILES string of the molecule is Cc1cc2oc3c(c(=O)c2cc1Cl)C(c1cccnc1)N(c1nc(C)c(C)s1)C3=O. The monoisotopic (exact) mass is 437 g/mol. The van der Waals surface area contributed by atoms with E-state index in [2.05, 4.69) is 9.97 Å². The van der Waals surface area contributed by atoms with Gasteiger partial charge in [0.25, 0.3) is 5.91 Å². The molecule has 3 aromatic heterocycles. The third-order valence-electron chi connectivity index (χ3n) is 5.37. The zero-order valence-corrected chi connectivity index (χ0v) is 18.0. The minimum atomic E-state index is -0.674. The van der Waals surface area contributed by atoms with Gasteiger partial charge in [-0.3, -0.25) is 19.5 Å². The minimum absolute atomic E-state index is 0.0357. The van der Waals surface area contributed by atoms with Crippen LogP contribution in [0.1, 0.15) is 43.9 Å². The molecular weight excluding hydrogens is 422 g/mol. The molecule has 1 aliphatic heterocycles.